The lowest BCUT2D eigenvalue weighted by Crippen LogP contribution is -2.31. The van der Waals surface area contributed by atoms with Gasteiger partial charge in [0.25, 0.3) is 0 Å². The molecule has 1 unspecified atom stereocenters. The third kappa shape index (κ3) is 5.83. The first kappa shape index (κ1) is 20.4. The van der Waals surface area contributed by atoms with E-state index in [4.69, 9.17) is 4.74 Å². The Morgan fingerprint density at radius 2 is 1.75 bits per heavy atom. The van der Waals surface area contributed by atoms with Crippen LogP contribution in [-0.4, -0.2) is 66.4 Å². The van der Waals surface area contributed by atoms with Gasteiger partial charge >= 0.3 is 0 Å². The lowest BCUT2D eigenvalue weighted by molar-refractivity contribution is 0.108. The van der Waals surface area contributed by atoms with Gasteiger partial charge in [0.2, 0.25) is 0 Å². The highest BCUT2D eigenvalue weighted by Crippen LogP contribution is 2.16. The van der Waals surface area contributed by atoms with Gasteiger partial charge in [0.05, 0.1) is 6.10 Å². The van der Waals surface area contributed by atoms with E-state index in [0.717, 1.165) is 24.4 Å². The van der Waals surface area contributed by atoms with Crippen LogP contribution in [0.5, 0.6) is 5.75 Å². The molecule has 1 aromatic heterocycles. The van der Waals surface area contributed by atoms with Gasteiger partial charge in [0.1, 0.15) is 12.4 Å². The van der Waals surface area contributed by atoms with Gasteiger partial charge in [-0.1, -0.05) is 30.3 Å². The molecule has 150 valence electrons. The summed E-state index contributed by atoms with van der Waals surface area (Å²) >= 11 is 0. The molecule has 0 aliphatic heterocycles. The molecule has 3 rings (SSSR count). The van der Waals surface area contributed by atoms with Gasteiger partial charge in [-0.25, -0.2) is 0 Å². The van der Waals surface area contributed by atoms with Crippen molar-refractivity contribution in [2.24, 2.45) is 0 Å². The van der Waals surface area contributed by atoms with E-state index in [1.165, 1.54) is 10.9 Å². The van der Waals surface area contributed by atoms with Crippen molar-refractivity contribution in [3.8, 4) is 5.75 Å². The number of aliphatic hydroxyl groups is 1. The molecule has 2 aromatic carbocycles. The van der Waals surface area contributed by atoms with Crippen LogP contribution < -0.4 is 4.74 Å². The van der Waals surface area contributed by atoms with E-state index >= 15 is 0 Å². The highest BCUT2D eigenvalue weighted by atomic mass is 16.5. The zero-order chi connectivity index (χ0) is 19.9. The molecule has 5 heteroatoms. The number of benzene rings is 2. The number of ether oxygens (including phenoxy) is 1. The van der Waals surface area contributed by atoms with Gasteiger partial charge in [0, 0.05) is 37.9 Å². The number of nitrogens with zero attached hydrogens (tertiary/aromatic N) is 3. The number of hydrogen-bond donors (Lipinski definition) is 1. The van der Waals surface area contributed by atoms with Gasteiger partial charge in [-0.15, -0.1) is 0 Å². The van der Waals surface area contributed by atoms with Gasteiger partial charge in [-0.2, -0.15) is 0 Å². The summed E-state index contributed by atoms with van der Waals surface area (Å²) < 4.78 is 7.86. The fraction of sp³-hybridized carbons (Fsp3) is 0.391. The SMILES string of the molecule is CN(C)CCOc1ccc(CN(C)CC(O)Cn2ccc3ccccc32)cc1. The summed E-state index contributed by atoms with van der Waals surface area (Å²) in [6, 6.07) is 18.6. The molecule has 28 heavy (non-hydrogen) atoms. The van der Waals surface area contributed by atoms with Crippen molar-refractivity contribution >= 4 is 10.9 Å². The second kappa shape index (κ2) is 9.73. The van der Waals surface area contributed by atoms with Crippen LogP contribution in [0.1, 0.15) is 5.56 Å². The summed E-state index contributed by atoms with van der Waals surface area (Å²) in [6.07, 6.45) is 1.62. The van der Waals surface area contributed by atoms with Crippen molar-refractivity contribution < 1.29 is 9.84 Å². The van der Waals surface area contributed by atoms with E-state index in [1.54, 1.807) is 0 Å². The molecule has 3 aromatic rings. The minimum Gasteiger partial charge on any atom is -0.492 e. The predicted molar refractivity (Wildman–Crippen MR) is 115 cm³/mol. The quantitative estimate of drug-likeness (QED) is 0.586. The first-order valence-corrected chi connectivity index (χ1v) is 9.78. The number of fused-ring (bicyclic) bond motifs is 1. The van der Waals surface area contributed by atoms with Crippen molar-refractivity contribution in [1.29, 1.82) is 0 Å². The predicted octanol–water partition coefficient (Wildman–Crippen LogP) is 3.07. The normalized spacial score (nSPS) is 12.8. The molecule has 0 aliphatic rings. The van der Waals surface area contributed by atoms with E-state index in [1.807, 2.05) is 51.6 Å². The molecule has 0 spiro atoms. The van der Waals surface area contributed by atoms with Crippen molar-refractivity contribution in [2.45, 2.75) is 19.2 Å². The number of rotatable bonds is 10. The van der Waals surface area contributed by atoms with Crippen molar-refractivity contribution in [3.63, 3.8) is 0 Å². The van der Waals surface area contributed by atoms with E-state index < -0.39 is 6.10 Å². The number of hydrogen-bond acceptors (Lipinski definition) is 4. The lowest BCUT2D eigenvalue weighted by atomic mass is 10.2. The topological polar surface area (TPSA) is 40.9 Å². The van der Waals surface area contributed by atoms with Crippen LogP contribution in [-0.2, 0) is 13.1 Å². The molecule has 1 atom stereocenters. The lowest BCUT2D eigenvalue weighted by Gasteiger charge is -2.21. The second-order valence-electron chi connectivity index (χ2n) is 7.67. The third-order valence-corrected chi connectivity index (χ3v) is 4.79. The summed E-state index contributed by atoms with van der Waals surface area (Å²) in [6.45, 7) is 3.59. The average Bonchev–Trinajstić information content (AvgIpc) is 3.06. The molecule has 0 bridgehead atoms. The maximum Gasteiger partial charge on any atom is 0.119 e. The third-order valence-electron chi connectivity index (χ3n) is 4.79. The van der Waals surface area contributed by atoms with Gasteiger partial charge in [-0.3, -0.25) is 4.90 Å². The Labute approximate surface area is 167 Å². The Hall–Kier alpha value is -2.34. The minimum atomic E-state index is -0.422. The maximum atomic E-state index is 10.5. The molecule has 0 fully saturated rings. The highest BCUT2D eigenvalue weighted by Gasteiger charge is 2.11. The Bertz CT molecular complexity index is 858. The van der Waals surface area contributed by atoms with Crippen LogP contribution in [0.3, 0.4) is 0 Å². The van der Waals surface area contributed by atoms with E-state index in [0.29, 0.717) is 19.7 Å². The zero-order valence-electron chi connectivity index (χ0n) is 17.1. The highest BCUT2D eigenvalue weighted by molar-refractivity contribution is 5.79. The van der Waals surface area contributed by atoms with E-state index in [2.05, 4.69) is 44.7 Å². The second-order valence-corrected chi connectivity index (χ2v) is 7.67. The van der Waals surface area contributed by atoms with Gasteiger partial charge in [-0.05, 0) is 56.4 Å². The number of likely N-dealkylation sites (N-methyl/N-ethyl adjacent to an activating group) is 2. The van der Waals surface area contributed by atoms with Crippen molar-refractivity contribution in [2.75, 3.05) is 40.8 Å². The smallest absolute Gasteiger partial charge is 0.119 e. The molecule has 0 radical (unpaired) electrons. The first-order chi connectivity index (χ1) is 13.5. The van der Waals surface area contributed by atoms with Gasteiger partial charge in [0.15, 0.2) is 0 Å². The monoisotopic (exact) mass is 381 g/mol. The number of para-hydroxylation sites is 1. The Morgan fingerprint density at radius 3 is 2.50 bits per heavy atom. The number of aliphatic hydroxyl groups excluding tert-OH is 1. The molecule has 1 heterocycles. The fourth-order valence-electron chi connectivity index (χ4n) is 3.36. The van der Waals surface area contributed by atoms with E-state index in [-0.39, 0.29) is 0 Å². The Balaban J connectivity index is 1.47. The van der Waals surface area contributed by atoms with Crippen LogP contribution in [0.2, 0.25) is 0 Å². The summed E-state index contributed by atoms with van der Waals surface area (Å²) in [5, 5.41) is 11.7. The Morgan fingerprint density at radius 1 is 1.00 bits per heavy atom. The van der Waals surface area contributed by atoms with Crippen LogP contribution in [0.4, 0.5) is 0 Å². The maximum absolute atomic E-state index is 10.5. The number of aromatic nitrogens is 1. The fourth-order valence-corrected chi connectivity index (χ4v) is 3.36. The molecule has 1 N–H and O–H groups in total. The summed E-state index contributed by atoms with van der Waals surface area (Å²) in [7, 11) is 6.11. The molecule has 5 nitrogen and oxygen atoms in total. The molecular formula is C23H31N3O2. The minimum absolute atomic E-state index is 0.422. The Kier molecular flexibility index (Phi) is 7.09. The standard InChI is InChI=1S/C23H31N3O2/c1-24(2)14-15-28-22-10-8-19(9-11-22)16-25(3)17-21(27)18-26-13-12-20-6-4-5-7-23(20)26/h4-13,21,27H,14-18H2,1-3H3. The summed E-state index contributed by atoms with van der Waals surface area (Å²) in [5.41, 5.74) is 2.37. The molecule has 0 saturated carbocycles. The van der Waals surface area contributed by atoms with Crippen LogP contribution >= 0.6 is 0 Å². The van der Waals surface area contributed by atoms with Crippen molar-refractivity contribution in [3.05, 3.63) is 66.4 Å². The van der Waals surface area contributed by atoms with Crippen LogP contribution in [0, 0.1) is 0 Å². The summed E-state index contributed by atoms with van der Waals surface area (Å²) in [4.78, 5) is 4.25. The molecule has 0 aliphatic carbocycles. The van der Waals surface area contributed by atoms with Crippen molar-refractivity contribution in [1.82, 2.24) is 14.4 Å². The molecular weight excluding hydrogens is 350 g/mol. The van der Waals surface area contributed by atoms with Gasteiger partial charge < -0.3 is 19.3 Å². The largest absolute Gasteiger partial charge is 0.492 e. The zero-order valence-corrected chi connectivity index (χ0v) is 17.1. The average molecular weight is 382 g/mol. The van der Waals surface area contributed by atoms with Crippen LogP contribution in [0.25, 0.3) is 10.9 Å². The van der Waals surface area contributed by atoms with Crippen LogP contribution in [0.15, 0.2) is 60.8 Å². The molecule has 0 saturated heterocycles. The first-order valence-electron chi connectivity index (χ1n) is 9.78. The van der Waals surface area contributed by atoms with E-state index in [9.17, 15) is 5.11 Å². The molecule has 0 amide bonds. The summed E-state index contributed by atoms with van der Waals surface area (Å²) in [5.74, 6) is 0.896.